The lowest BCUT2D eigenvalue weighted by molar-refractivity contribution is 0.714. The third kappa shape index (κ3) is 4.01. The van der Waals surface area contributed by atoms with Gasteiger partial charge >= 0.3 is 0 Å². The molecule has 0 amide bonds. The molecule has 28 heavy (non-hydrogen) atoms. The number of fused-ring (bicyclic) bond motifs is 1. The summed E-state index contributed by atoms with van der Waals surface area (Å²) in [4.78, 5) is 13.4. The maximum Gasteiger partial charge on any atom is 0.224 e. The van der Waals surface area contributed by atoms with Gasteiger partial charge in [0.05, 0.1) is 22.4 Å². The first-order valence-corrected chi connectivity index (χ1v) is 9.91. The maximum atomic E-state index is 6.38. The molecule has 1 aliphatic heterocycles. The summed E-state index contributed by atoms with van der Waals surface area (Å²) >= 11 is 12.8. The summed E-state index contributed by atoms with van der Waals surface area (Å²) in [6, 6.07) is 15.9. The Morgan fingerprint density at radius 3 is 2.54 bits per heavy atom. The fourth-order valence-electron chi connectivity index (χ4n) is 3.41. The van der Waals surface area contributed by atoms with E-state index in [2.05, 4.69) is 44.4 Å². The van der Waals surface area contributed by atoms with Crippen molar-refractivity contribution in [1.82, 2.24) is 9.97 Å². The molecule has 1 aromatic heterocycles. The normalized spacial score (nSPS) is 13.4. The van der Waals surface area contributed by atoms with Crippen molar-refractivity contribution in [1.29, 1.82) is 0 Å². The number of halogens is 2. The van der Waals surface area contributed by atoms with Gasteiger partial charge in [0.1, 0.15) is 5.82 Å². The summed E-state index contributed by atoms with van der Waals surface area (Å²) in [6.45, 7) is 2.10. The standard InChI is InChI=1S/C21H21Cl2N5/c1-27-14-28(19-17(22)8-5-9-18(19)23)13-16-12-25-21(26-20(16)27)24-11-10-15-6-3-2-4-7-15/h2-9,12H,10-11,13-14H2,1H3,(H,24,25,26). The van der Waals surface area contributed by atoms with Crippen LogP contribution in [-0.2, 0) is 13.0 Å². The zero-order valence-electron chi connectivity index (χ0n) is 15.6. The van der Waals surface area contributed by atoms with Crippen molar-refractivity contribution in [3.05, 3.63) is 75.9 Å². The third-order valence-corrected chi connectivity index (χ3v) is 5.35. The van der Waals surface area contributed by atoms with Crippen molar-refractivity contribution in [3.63, 3.8) is 0 Å². The first kappa shape index (κ1) is 18.8. The van der Waals surface area contributed by atoms with Crippen molar-refractivity contribution >= 4 is 40.7 Å². The molecule has 0 saturated heterocycles. The van der Waals surface area contributed by atoms with Gasteiger partial charge in [0.15, 0.2) is 0 Å². The topological polar surface area (TPSA) is 44.3 Å². The molecule has 0 aliphatic carbocycles. The van der Waals surface area contributed by atoms with Crippen LogP contribution in [0.3, 0.4) is 0 Å². The zero-order chi connectivity index (χ0) is 19.5. The van der Waals surface area contributed by atoms with Gasteiger partial charge in [0.25, 0.3) is 0 Å². The van der Waals surface area contributed by atoms with Crippen molar-refractivity contribution in [2.45, 2.75) is 13.0 Å². The van der Waals surface area contributed by atoms with Gasteiger partial charge in [-0.2, -0.15) is 4.98 Å². The van der Waals surface area contributed by atoms with Crippen molar-refractivity contribution in [2.75, 3.05) is 35.4 Å². The lowest BCUT2D eigenvalue weighted by Gasteiger charge is -2.37. The molecule has 2 heterocycles. The fraction of sp³-hybridized carbons (Fsp3) is 0.238. The van der Waals surface area contributed by atoms with E-state index in [1.54, 1.807) is 0 Å². The molecular formula is C21H21Cl2N5. The van der Waals surface area contributed by atoms with Crippen LogP contribution in [0.25, 0.3) is 0 Å². The number of hydrogen-bond donors (Lipinski definition) is 1. The van der Waals surface area contributed by atoms with E-state index in [1.165, 1.54) is 5.56 Å². The summed E-state index contributed by atoms with van der Waals surface area (Å²) < 4.78 is 0. The van der Waals surface area contributed by atoms with Crippen LogP contribution in [0, 0.1) is 0 Å². The van der Waals surface area contributed by atoms with E-state index < -0.39 is 0 Å². The molecule has 0 saturated carbocycles. The minimum atomic E-state index is 0.643. The number of hydrogen-bond acceptors (Lipinski definition) is 5. The van der Waals surface area contributed by atoms with Gasteiger partial charge < -0.3 is 15.1 Å². The van der Waals surface area contributed by atoms with Crippen LogP contribution in [0.15, 0.2) is 54.7 Å². The van der Waals surface area contributed by atoms with E-state index >= 15 is 0 Å². The first-order chi connectivity index (χ1) is 13.6. The van der Waals surface area contributed by atoms with E-state index in [0.29, 0.717) is 29.2 Å². The van der Waals surface area contributed by atoms with Gasteiger partial charge in [-0.25, -0.2) is 4.98 Å². The van der Waals surface area contributed by atoms with Gasteiger partial charge in [0.2, 0.25) is 5.95 Å². The van der Waals surface area contributed by atoms with E-state index in [-0.39, 0.29) is 0 Å². The number of benzene rings is 2. The van der Waals surface area contributed by atoms with E-state index in [4.69, 9.17) is 28.2 Å². The van der Waals surface area contributed by atoms with Crippen LogP contribution in [0.5, 0.6) is 0 Å². The average Bonchev–Trinajstić information content (AvgIpc) is 2.69. The molecule has 144 valence electrons. The molecule has 3 aromatic rings. The molecular weight excluding hydrogens is 393 g/mol. The van der Waals surface area contributed by atoms with Gasteiger partial charge in [0, 0.05) is 31.9 Å². The Balaban J connectivity index is 1.47. The van der Waals surface area contributed by atoms with Crippen molar-refractivity contribution < 1.29 is 0 Å². The summed E-state index contributed by atoms with van der Waals surface area (Å²) in [7, 11) is 2.01. The van der Waals surface area contributed by atoms with E-state index in [1.807, 2.05) is 37.5 Å². The Bertz CT molecular complexity index is 944. The second kappa shape index (κ2) is 8.25. The largest absolute Gasteiger partial charge is 0.354 e. The Hall–Kier alpha value is -2.50. The molecule has 0 radical (unpaired) electrons. The minimum Gasteiger partial charge on any atom is -0.354 e. The predicted octanol–water partition coefficient (Wildman–Crippen LogP) is 4.85. The highest BCUT2D eigenvalue weighted by atomic mass is 35.5. The van der Waals surface area contributed by atoms with Crippen LogP contribution in [0.1, 0.15) is 11.1 Å². The molecule has 4 rings (SSSR count). The molecule has 2 aromatic carbocycles. The molecule has 0 unspecified atom stereocenters. The van der Waals surface area contributed by atoms with Crippen LogP contribution >= 0.6 is 23.2 Å². The van der Waals surface area contributed by atoms with Crippen LogP contribution in [0.4, 0.5) is 17.5 Å². The van der Waals surface area contributed by atoms with Gasteiger partial charge in [-0.15, -0.1) is 0 Å². The van der Waals surface area contributed by atoms with Crippen molar-refractivity contribution in [2.24, 2.45) is 0 Å². The molecule has 0 spiro atoms. The molecule has 7 heteroatoms. The minimum absolute atomic E-state index is 0.643. The van der Waals surface area contributed by atoms with Gasteiger partial charge in [-0.3, -0.25) is 0 Å². The van der Waals surface area contributed by atoms with Crippen molar-refractivity contribution in [3.8, 4) is 0 Å². The van der Waals surface area contributed by atoms with Gasteiger partial charge in [-0.1, -0.05) is 59.6 Å². The van der Waals surface area contributed by atoms with E-state index in [0.717, 1.165) is 30.0 Å². The number of nitrogens with zero attached hydrogens (tertiary/aromatic N) is 4. The SMILES string of the molecule is CN1CN(c2c(Cl)cccc2Cl)Cc2cnc(NCCc3ccccc3)nc21. The average molecular weight is 414 g/mol. The summed E-state index contributed by atoms with van der Waals surface area (Å²) in [6.07, 6.45) is 2.80. The monoisotopic (exact) mass is 413 g/mol. The highest BCUT2D eigenvalue weighted by molar-refractivity contribution is 6.39. The molecule has 1 aliphatic rings. The molecule has 0 atom stereocenters. The Kier molecular flexibility index (Phi) is 5.55. The van der Waals surface area contributed by atoms with Crippen LogP contribution in [-0.4, -0.2) is 30.2 Å². The summed E-state index contributed by atoms with van der Waals surface area (Å²) in [5.74, 6) is 1.57. The second-order valence-electron chi connectivity index (χ2n) is 6.81. The maximum absolute atomic E-state index is 6.38. The Morgan fingerprint density at radius 1 is 1.04 bits per heavy atom. The number of rotatable bonds is 5. The second-order valence-corrected chi connectivity index (χ2v) is 7.63. The Labute approximate surface area is 174 Å². The molecule has 0 fully saturated rings. The third-order valence-electron chi connectivity index (χ3n) is 4.74. The Morgan fingerprint density at radius 2 is 1.79 bits per heavy atom. The molecule has 0 bridgehead atoms. The number of nitrogens with one attached hydrogen (secondary N) is 1. The van der Waals surface area contributed by atoms with Crippen LogP contribution < -0.4 is 15.1 Å². The lowest BCUT2D eigenvalue weighted by atomic mass is 10.1. The summed E-state index contributed by atoms with van der Waals surface area (Å²) in [5, 5.41) is 4.61. The molecule has 5 nitrogen and oxygen atoms in total. The van der Waals surface area contributed by atoms with Crippen LogP contribution in [0.2, 0.25) is 10.0 Å². The van der Waals surface area contributed by atoms with E-state index in [9.17, 15) is 0 Å². The fourth-order valence-corrected chi connectivity index (χ4v) is 4.04. The highest BCUT2D eigenvalue weighted by Crippen LogP contribution is 2.37. The quantitative estimate of drug-likeness (QED) is 0.647. The predicted molar refractivity (Wildman–Crippen MR) is 117 cm³/mol. The first-order valence-electron chi connectivity index (χ1n) is 9.15. The highest BCUT2D eigenvalue weighted by Gasteiger charge is 2.25. The number of anilines is 3. The summed E-state index contributed by atoms with van der Waals surface area (Å²) in [5.41, 5.74) is 3.17. The zero-order valence-corrected chi connectivity index (χ0v) is 17.1. The molecule has 1 N–H and O–H groups in total. The lowest BCUT2D eigenvalue weighted by Crippen LogP contribution is -2.41. The number of para-hydroxylation sites is 1. The smallest absolute Gasteiger partial charge is 0.224 e. The van der Waals surface area contributed by atoms with Gasteiger partial charge in [-0.05, 0) is 24.1 Å². The number of aromatic nitrogens is 2.